The maximum Gasteiger partial charge on any atom is 0.368 e. The third kappa shape index (κ3) is 7.83. The Morgan fingerprint density at radius 2 is 1.85 bits per heavy atom. The fraction of sp³-hybridized carbons (Fsp3) is 0.455. The van der Waals surface area contributed by atoms with Crippen LogP contribution in [-0.4, -0.2) is 57.5 Å². The Morgan fingerprint density at radius 3 is 2.63 bits per heavy atom. The SMILES string of the molecule is O=c1n(CCCCC2CCCC2)nnn1-c1ccc(S(=O)(=O)Nc2ccc3c(c2)CCC(CNCC(O)c2cccnc2)O3)cc1. The number of rotatable bonds is 14. The lowest BCUT2D eigenvalue weighted by Gasteiger charge is -2.27. The lowest BCUT2D eigenvalue weighted by atomic mass is 10.0. The molecule has 0 spiro atoms. The van der Waals surface area contributed by atoms with Crippen LogP contribution in [0.5, 0.6) is 5.75 Å². The Morgan fingerprint density at radius 1 is 1.02 bits per heavy atom. The smallest absolute Gasteiger partial charge is 0.368 e. The van der Waals surface area contributed by atoms with Crippen LogP contribution in [0.4, 0.5) is 5.69 Å². The fourth-order valence-electron chi connectivity index (χ4n) is 6.27. The summed E-state index contributed by atoms with van der Waals surface area (Å²) in [6.45, 7) is 1.48. The number of nitrogens with one attached hydrogen (secondary N) is 2. The van der Waals surface area contributed by atoms with Crippen LogP contribution >= 0.6 is 0 Å². The van der Waals surface area contributed by atoms with Crippen LogP contribution in [0, 0.1) is 5.92 Å². The maximum atomic E-state index is 13.2. The number of benzene rings is 2. The highest BCUT2D eigenvalue weighted by molar-refractivity contribution is 7.92. The van der Waals surface area contributed by atoms with Crippen LogP contribution in [0.1, 0.15) is 68.6 Å². The van der Waals surface area contributed by atoms with Gasteiger partial charge >= 0.3 is 5.69 Å². The molecular weight excluding hydrogens is 606 g/mol. The summed E-state index contributed by atoms with van der Waals surface area (Å²) < 4.78 is 37.7. The van der Waals surface area contributed by atoms with E-state index in [0.717, 1.165) is 42.7 Å². The van der Waals surface area contributed by atoms with Gasteiger partial charge < -0.3 is 15.2 Å². The van der Waals surface area contributed by atoms with Crippen LogP contribution in [0.3, 0.4) is 0 Å². The predicted octanol–water partition coefficient (Wildman–Crippen LogP) is 4.00. The standard InChI is InChI=1S/C33H41N7O5S/c41-31(26-9-5-18-34-21-26)23-35-22-29-14-10-25-20-27(11-17-32(25)45-29)36-46(43,44)30-15-12-28(13-16-30)40-33(42)39(37-38-40)19-4-3-8-24-6-1-2-7-24/h5,9,11-13,15-18,20-21,24,29,31,35-36,41H,1-4,6-8,10,14,19,22-23H2. The number of hydrogen-bond acceptors (Lipinski definition) is 9. The number of sulfonamides is 1. The average Bonchev–Trinajstić information content (AvgIpc) is 3.73. The van der Waals surface area contributed by atoms with Crippen LogP contribution in [-0.2, 0) is 23.0 Å². The fourth-order valence-corrected chi connectivity index (χ4v) is 7.32. The number of ether oxygens (including phenoxy) is 1. The third-order valence-corrected chi connectivity index (χ3v) is 10.3. The molecule has 3 N–H and O–H groups in total. The molecule has 2 unspecified atom stereocenters. The summed E-state index contributed by atoms with van der Waals surface area (Å²) in [6.07, 6.45) is 12.5. The van der Waals surface area contributed by atoms with Gasteiger partial charge in [-0.3, -0.25) is 9.71 Å². The van der Waals surface area contributed by atoms with Crippen molar-refractivity contribution in [1.29, 1.82) is 0 Å². The molecule has 2 aromatic heterocycles. The van der Waals surface area contributed by atoms with Gasteiger partial charge in [0.2, 0.25) is 0 Å². The zero-order valence-corrected chi connectivity index (χ0v) is 26.6. The van der Waals surface area contributed by atoms with Crippen molar-refractivity contribution in [3.8, 4) is 11.4 Å². The maximum absolute atomic E-state index is 13.2. The van der Waals surface area contributed by atoms with Crippen molar-refractivity contribution in [2.45, 2.75) is 81.4 Å². The molecule has 2 aromatic carbocycles. The zero-order valence-electron chi connectivity index (χ0n) is 25.8. The molecule has 1 fully saturated rings. The number of aliphatic hydroxyl groups excluding tert-OH is 1. The number of hydrogen-bond donors (Lipinski definition) is 3. The van der Waals surface area contributed by atoms with E-state index in [1.54, 1.807) is 48.8 Å². The highest BCUT2D eigenvalue weighted by Gasteiger charge is 2.22. The number of aromatic nitrogens is 5. The largest absolute Gasteiger partial charge is 0.489 e. The Hall–Kier alpha value is -4.07. The summed E-state index contributed by atoms with van der Waals surface area (Å²) >= 11 is 0. The van der Waals surface area contributed by atoms with Gasteiger partial charge in [0.15, 0.2) is 0 Å². The molecule has 6 rings (SSSR count). The van der Waals surface area contributed by atoms with E-state index in [2.05, 4.69) is 25.4 Å². The quantitative estimate of drug-likeness (QED) is 0.172. The van der Waals surface area contributed by atoms with Gasteiger partial charge in [-0.05, 0) is 89.7 Å². The number of unbranched alkanes of at least 4 members (excludes halogenated alkanes) is 1. The number of fused-ring (bicyclic) bond motifs is 1. The van der Waals surface area contributed by atoms with E-state index in [1.807, 2.05) is 6.07 Å². The monoisotopic (exact) mass is 647 g/mol. The van der Waals surface area contributed by atoms with E-state index in [9.17, 15) is 18.3 Å². The number of tetrazole rings is 1. The summed E-state index contributed by atoms with van der Waals surface area (Å²) in [7, 11) is -3.88. The van der Waals surface area contributed by atoms with Gasteiger partial charge in [-0.15, -0.1) is 0 Å². The van der Waals surface area contributed by atoms with E-state index in [0.29, 0.717) is 36.8 Å². The molecule has 244 valence electrons. The van der Waals surface area contributed by atoms with Crippen LogP contribution in [0.2, 0.25) is 0 Å². The van der Waals surface area contributed by atoms with Crippen LogP contribution in [0.25, 0.3) is 5.69 Å². The molecule has 12 nitrogen and oxygen atoms in total. The molecule has 4 aromatic rings. The summed E-state index contributed by atoms with van der Waals surface area (Å²) in [5.41, 5.74) is 2.22. The summed E-state index contributed by atoms with van der Waals surface area (Å²) in [5, 5.41) is 21.6. The number of anilines is 1. The molecule has 1 aliphatic carbocycles. The first-order valence-electron chi connectivity index (χ1n) is 16.1. The second-order valence-electron chi connectivity index (χ2n) is 12.2. The van der Waals surface area contributed by atoms with Gasteiger partial charge in [0.25, 0.3) is 10.0 Å². The van der Waals surface area contributed by atoms with Gasteiger partial charge in [-0.1, -0.05) is 44.6 Å². The Labute approximate surface area is 268 Å². The van der Waals surface area contributed by atoms with Crippen molar-refractivity contribution in [2.24, 2.45) is 5.92 Å². The molecule has 0 amide bonds. The lowest BCUT2D eigenvalue weighted by molar-refractivity contribution is 0.146. The molecule has 0 radical (unpaired) electrons. The molecule has 1 saturated carbocycles. The highest BCUT2D eigenvalue weighted by Crippen LogP contribution is 2.31. The molecule has 2 atom stereocenters. The van der Waals surface area contributed by atoms with Crippen molar-refractivity contribution < 1.29 is 18.3 Å². The van der Waals surface area contributed by atoms with E-state index >= 15 is 0 Å². The lowest BCUT2D eigenvalue weighted by Crippen LogP contribution is -2.36. The van der Waals surface area contributed by atoms with Crippen LogP contribution < -0.4 is 20.5 Å². The van der Waals surface area contributed by atoms with Gasteiger partial charge in [-0.2, -0.15) is 9.36 Å². The number of aryl methyl sites for hydroxylation is 2. The van der Waals surface area contributed by atoms with Gasteiger partial charge in [0.05, 0.1) is 16.7 Å². The van der Waals surface area contributed by atoms with Crippen molar-refractivity contribution in [2.75, 3.05) is 17.8 Å². The van der Waals surface area contributed by atoms with Crippen LogP contribution in [0.15, 0.2) is 76.7 Å². The predicted molar refractivity (Wildman–Crippen MR) is 173 cm³/mol. The minimum atomic E-state index is -3.88. The molecule has 3 heterocycles. The topological polar surface area (TPSA) is 153 Å². The van der Waals surface area contributed by atoms with E-state index in [4.69, 9.17) is 4.74 Å². The first kappa shape index (κ1) is 31.9. The average molecular weight is 648 g/mol. The summed E-state index contributed by atoms with van der Waals surface area (Å²) in [4.78, 5) is 17.0. The zero-order chi connectivity index (χ0) is 31.9. The third-order valence-electron chi connectivity index (χ3n) is 8.86. The van der Waals surface area contributed by atoms with Gasteiger partial charge in [0.1, 0.15) is 11.9 Å². The first-order valence-corrected chi connectivity index (χ1v) is 17.6. The molecule has 2 aliphatic rings. The van der Waals surface area contributed by atoms with Crippen molar-refractivity contribution in [1.82, 2.24) is 30.1 Å². The minimum absolute atomic E-state index is 0.0645. The molecule has 13 heteroatoms. The van der Waals surface area contributed by atoms with Crippen molar-refractivity contribution in [3.63, 3.8) is 0 Å². The van der Waals surface area contributed by atoms with Crippen molar-refractivity contribution in [3.05, 3.63) is 88.6 Å². The first-order chi connectivity index (χ1) is 22.4. The van der Waals surface area contributed by atoms with E-state index < -0.39 is 16.1 Å². The number of pyridine rings is 1. The molecule has 1 aliphatic heterocycles. The van der Waals surface area contributed by atoms with Crippen molar-refractivity contribution >= 4 is 15.7 Å². The summed E-state index contributed by atoms with van der Waals surface area (Å²) in [5.74, 6) is 1.54. The Balaban J connectivity index is 1.00. The number of aliphatic hydroxyl groups is 1. The van der Waals surface area contributed by atoms with Gasteiger partial charge in [0, 0.05) is 43.3 Å². The molecular formula is C33H41N7O5S. The summed E-state index contributed by atoms with van der Waals surface area (Å²) in [6, 6.07) is 14.9. The van der Waals surface area contributed by atoms with E-state index in [-0.39, 0.29) is 16.7 Å². The minimum Gasteiger partial charge on any atom is -0.489 e. The number of nitrogens with zero attached hydrogens (tertiary/aromatic N) is 5. The molecule has 0 bridgehead atoms. The second kappa shape index (κ2) is 14.6. The highest BCUT2D eigenvalue weighted by atomic mass is 32.2. The normalized spacial score (nSPS) is 17.4. The Kier molecular flexibility index (Phi) is 10.1. The molecule has 0 saturated heterocycles. The second-order valence-corrected chi connectivity index (χ2v) is 13.9. The molecule has 46 heavy (non-hydrogen) atoms. The Bertz CT molecular complexity index is 1750. The van der Waals surface area contributed by atoms with Gasteiger partial charge in [-0.25, -0.2) is 13.2 Å². The van der Waals surface area contributed by atoms with E-state index in [1.165, 1.54) is 53.6 Å².